The SMILES string of the molecule is COc1cc(-c2ccc(C3CN(C)C(=O)O3)nc2)ccc1N1C(=O)OC(COP(O)O)[C@@H]1C. The zero-order chi connectivity index (χ0) is 23.7. The highest BCUT2D eigenvalue weighted by Crippen LogP contribution is 2.38. The third-order valence-electron chi connectivity index (χ3n) is 5.63. The lowest BCUT2D eigenvalue weighted by Crippen LogP contribution is -2.35. The summed E-state index contributed by atoms with van der Waals surface area (Å²) in [6, 6.07) is 8.66. The van der Waals surface area contributed by atoms with Crippen LogP contribution in [0.3, 0.4) is 0 Å². The molecule has 4 rings (SSSR count). The Bertz CT molecular complexity index is 1030. The summed E-state index contributed by atoms with van der Waals surface area (Å²) in [5, 5.41) is 0. The van der Waals surface area contributed by atoms with E-state index in [0.717, 1.165) is 11.1 Å². The highest BCUT2D eigenvalue weighted by molar-refractivity contribution is 7.39. The van der Waals surface area contributed by atoms with E-state index in [2.05, 4.69) is 4.98 Å². The number of likely N-dealkylation sites (N-methyl/N-ethyl adjacent to an activating group) is 1. The first-order valence-electron chi connectivity index (χ1n) is 10.1. The lowest BCUT2D eigenvalue weighted by molar-refractivity contribution is 0.0883. The minimum Gasteiger partial charge on any atom is -0.495 e. The van der Waals surface area contributed by atoms with Crippen LogP contribution in [0.15, 0.2) is 36.5 Å². The van der Waals surface area contributed by atoms with E-state index in [1.807, 2.05) is 18.2 Å². The minimum atomic E-state index is -2.54. The van der Waals surface area contributed by atoms with Crippen molar-refractivity contribution in [3.63, 3.8) is 0 Å². The molecule has 2 aliphatic rings. The second-order valence-corrected chi connectivity index (χ2v) is 8.46. The molecule has 0 bridgehead atoms. The van der Waals surface area contributed by atoms with E-state index in [9.17, 15) is 9.59 Å². The van der Waals surface area contributed by atoms with E-state index in [1.165, 1.54) is 16.9 Å². The van der Waals surface area contributed by atoms with Crippen LogP contribution in [0.1, 0.15) is 18.7 Å². The van der Waals surface area contributed by atoms with Gasteiger partial charge in [0.2, 0.25) is 0 Å². The molecule has 0 aliphatic carbocycles. The number of ether oxygens (including phenoxy) is 3. The van der Waals surface area contributed by atoms with Gasteiger partial charge >= 0.3 is 20.8 Å². The Morgan fingerprint density at radius 3 is 2.52 bits per heavy atom. The lowest BCUT2D eigenvalue weighted by Gasteiger charge is -2.23. The standard InChI is InChI=1S/C21H24N3O8P/c1-12-19(11-30-33(27)28)32-21(26)24(12)16-7-5-13(8-17(16)29-3)14-4-6-15(22-9-14)18-10-23(2)20(25)31-18/h4-9,12,18-19,27-28H,10-11H2,1-3H3/t12-,18?,19?/m0/s1. The fourth-order valence-corrected chi connectivity index (χ4v) is 4.08. The summed E-state index contributed by atoms with van der Waals surface area (Å²) in [4.78, 5) is 49.4. The summed E-state index contributed by atoms with van der Waals surface area (Å²) in [5.41, 5.74) is 2.82. The fraction of sp³-hybridized carbons (Fsp3) is 0.381. The third-order valence-corrected chi connectivity index (χ3v) is 6.01. The normalized spacial score (nSPS) is 22.7. The Kier molecular flexibility index (Phi) is 6.66. The van der Waals surface area contributed by atoms with Crippen molar-refractivity contribution in [2.24, 2.45) is 0 Å². The smallest absolute Gasteiger partial charge is 0.415 e. The molecular formula is C21H24N3O8P. The van der Waals surface area contributed by atoms with Crippen molar-refractivity contribution in [1.29, 1.82) is 0 Å². The van der Waals surface area contributed by atoms with Crippen molar-refractivity contribution >= 4 is 26.5 Å². The topological polar surface area (TPSA) is 131 Å². The molecule has 2 N–H and O–H groups in total. The summed E-state index contributed by atoms with van der Waals surface area (Å²) in [6.45, 7) is 2.09. The van der Waals surface area contributed by atoms with Gasteiger partial charge in [0.05, 0.1) is 37.7 Å². The number of rotatable bonds is 7. The van der Waals surface area contributed by atoms with Gasteiger partial charge in [0.25, 0.3) is 0 Å². The fourth-order valence-electron chi connectivity index (χ4n) is 3.80. The molecule has 1 aromatic carbocycles. The average molecular weight is 477 g/mol. The number of hydrogen-bond donors (Lipinski definition) is 2. The molecule has 3 atom stereocenters. The van der Waals surface area contributed by atoms with Crippen molar-refractivity contribution < 1.29 is 38.1 Å². The van der Waals surface area contributed by atoms with Crippen LogP contribution in [0, 0.1) is 0 Å². The molecule has 176 valence electrons. The van der Waals surface area contributed by atoms with Crippen LogP contribution in [0.5, 0.6) is 5.75 Å². The molecule has 2 aromatic rings. The molecule has 0 spiro atoms. The van der Waals surface area contributed by atoms with Crippen LogP contribution in [-0.4, -0.2) is 71.3 Å². The van der Waals surface area contributed by atoms with Gasteiger partial charge in [-0.1, -0.05) is 12.1 Å². The number of carbonyl (C=O) groups is 2. The van der Waals surface area contributed by atoms with E-state index in [-0.39, 0.29) is 12.7 Å². The quantitative estimate of drug-likeness (QED) is 0.578. The van der Waals surface area contributed by atoms with Gasteiger partial charge in [0.15, 0.2) is 6.10 Å². The van der Waals surface area contributed by atoms with Gasteiger partial charge in [-0.05, 0) is 30.7 Å². The monoisotopic (exact) mass is 477 g/mol. The zero-order valence-corrected chi connectivity index (χ0v) is 19.1. The molecule has 2 amide bonds. The van der Waals surface area contributed by atoms with E-state index in [0.29, 0.717) is 23.7 Å². The number of benzene rings is 1. The number of hydrogen-bond acceptors (Lipinski definition) is 9. The van der Waals surface area contributed by atoms with Crippen molar-refractivity contribution in [2.45, 2.75) is 25.2 Å². The maximum Gasteiger partial charge on any atom is 0.415 e. The van der Waals surface area contributed by atoms with Crippen LogP contribution in [0.25, 0.3) is 11.1 Å². The van der Waals surface area contributed by atoms with Crippen molar-refractivity contribution in [3.05, 3.63) is 42.2 Å². The lowest BCUT2D eigenvalue weighted by atomic mass is 10.0. The molecule has 33 heavy (non-hydrogen) atoms. The number of carbonyl (C=O) groups excluding carboxylic acids is 2. The average Bonchev–Trinajstić information content (AvgIpc) is 3.29. The largest absolute Gasteiger partial charge is 0.495 e. The van der Waals surface area contributed by atoms with Gasteiger partial charge in [0.1, 0.15) is 11.9 Å². The zero-order valence-electron chi connectivity index (χ0n) is 18.2. The Hall–Kier alpha value is -2.98. The van der Waals surface area contributed by atoms with Crippen LogP contribution in [0.2, 0.25) is 0 Å². The summed E-state index contributed by atoms with van der Waals surface area (Å²) in [6.07, 6.45) is -0.321. The van der Waals surface area contributed by atoms with Crippen molar-refractivity contribution in [3.8, 4) is 16.9 Å². The Labute approximate surface area is 191 Å². The van der Waals surface area contributed by atoms with Gasteiger partial charge in [-0.3, -0.25) is 9.88 Å². The number of nitrogens with zero attached hydrogens (tertiary/aromatic N) is 3. The second kappa shape index (κ2) is 9.48. The number of pyridine rings is 1. The Morgan fingerprint density at radius 1 is 1.15 bits per heavy atom. The predicted octanol–water partition coefficient (Wildman–Crippen LogP) is 2.82. The van der Waals surface area contributed by atoms with E-state index in [1.54, 1.807) is 32.3 Å². The highest BCUT2D eigenvalue weighted by atomic mass is 31.2. The first-order chi connectivity index (χ1) is 15.8. The molecule has 2 fully saturated rings. The molecule has 2 aliphatic heterocycles. The highest BCUT2D eigenvalue weighted by Gasteiger charge is 2.41. The molecule has 11 nitrogen and oxygen atoms in total. The van der Waals surface area contributed by atoms with Crippen molar-refractivity contribution in [1.82, 2.24) is 9.88 Å². The summed E-state index contributed by atoms with van der Waals surface area (Å²) < 4.78 is 21.0. The molecule has 0 radical (unpaired) electrons. The number of aromatic nitrogens is 1. The Morgan fingerprint density at radius 2 is 1.91 bits per heavy atom. The van der Waals surface area contributed by atoms with Crippen molar-refractivity contribution in [2.75, 3.05) is 32.2 Å². The molecule has 3 heterocycles. The summed E-state index contributed by atoms with van der Waals surface area (Å²) in [7, 11) is 0.645. The summed E-state index contributed by atoms with van der Waals surface area (Å²) in [5.74, 6) is 0.458. The van der Waals surface area contributed by atoms with Gasteiger partial charge in [0, 0.05) is 18.8 Å². The number of amides is 2. The molecule has 2 saturated heterocycles. The summed E-state index contributed by atoms with van der Waals surface area (Å²) >= 11 is 0. The van der Waals surface area contributed by atoms with Gasteiger partial charge in [-0.25, -0.2) is 9.59 Å². The Balaban J connectivity index is 1.54. The molecule has 1 aromatic heterocycles. The van der Waals surface area contributed by atoms with Gasteiger partial charge in [-0.2, -0.15) is 0 Å². The maximum atomic E-state index is 12.5. The third kappa shape index (κ3) is 4.72. The number of cyclic esters (lactones) is 2. The molecular weight excluding hydrogens is 453 g/mol. The second-order valence-electron chi connectivity index (χ2n) is 7.69. The first kappa shape index (κ1) is 23.2. The van der Waals surface area contributed by atoms with Crippen LogP contribution in [-0.2, 0) is 14.0 Å². The van der Waals surface area contributed by atoms with Crippen LogP contribution in [0.4, 0.5) is 15.3 Å². The van der Waals surface area contributed by atoms with E-state index in [4.69, 9.17) is 28.5 Å². The number of methoxy groups -OCH3 is 1. The van der Waals surface area contributed by atoms with Gasteiger partial charge in [-0.15, -0.1) is 0 Å². The van der Waals surface area contributed by atoms with E-state index >= 15 is 0 Å². The van der Waals surface area contributed by atoms with Crippen LogP contribution >= 0.6 is 8.60 Å². The molecule has 2 unspecified atom stereocenters. The van der Waals surface area contributed by atoms with Crippen LogP contribution < -0.4 is 9.64 Å². The molecule has 0 saturated carbocycles. The predicted molar refractivity (Wildman–Crippen MR) is 118 cm³/mol. The maximum absolute atomic E-state index is 12.5. The van der Waals surface area contributed by atoms with Gasteiger partial charge < -0.3 is 33.4 Å². The minimum absolute atomic E-state index is 0.132. The molecule has 12 heteroatoms. The number of anilines is 1. The van der Waals surface area contributed by atoms with E-state index < -0.39 is 32.9 Å². The first-order valence-corrected chi connectivity index (χ1v) is 11.3.